The Labute approximate surface area is 253 Å². The number of rotatable bonds is 14. The third-order valence-corrected chi connectivity index (χ3v) is 8.66. The summed E-state index contributed by atoms with van der Waals surface area (Å²) in [6.45, 7) is 6.91. The Morgan fingerprint density at radius 1 is 1.16 bits per heavy atom. The van der Waals surface area contributed by atoms with Gasteiger partial charge in [0.2, 0.25) is 5.28 Å². The Kier molecular flexibility index (Phi) is 12.2. The molecule has 1 aliphatic heterocycles. The number of aromatic nitrogens is 4. The number of hydrogen-bond acceptors (Lipinski definition) is 12. The lowest BCUT2D eigenvalue weighted by molar-refractivity contribution is -0.186. The van der Waals surface area contributed by atoms with E-state index < -0.39 is 62.9 Å². The Morgan fingerprint density at radius 3 is 2.23 bits per heavy atom. The zero-order valence-corrected chi connectivity index (χ0v) is 26.5. The molecule has 1 aliphatic rings. The summed E-state index contributed by atoms with van der Waals surface area (Å²) in [5.74, 6) is -1.43. The van der Waals surface area contributed by atoms with Crippen LogP contribution in [0.3, 0.4) is 0 Å². The van der Waals surface area contributed by atoms with Gasteiger partial charge in [0.25, 0.3) is 0 Å². The molecule has 5 N–H and O–H groups in total. The Morgan fingerprint density at radius 2 is 1.72 bits per heavy atom. The van der Waals surface area contributed by atoms with Gasteiger partial charge in [-0.3, -0.25) is 18.7 Å². The average molecular weight is 652 g/mol. The van der Waals surface area contributed by atoms with E-state index in [1.807, 2.05) is 27.7 Å². The molecule has 18 heteroatoms. The van der Waals surface area contributed by atoms with Crippen LogP contribution >= 0.6 is 19.3 Å². The summed E-state index contributed by atoms with van der Waals surface area (Å²) in [6.07, 6.45) is -4.26. The number of ether oxygens (including phenoxy) is 3. The number of alkyl halides is 1. The lowest BCUT2D eigenvalue weighted by atomic mass is 10.0. The van der Waals surface area contributed by atoms with Crippen molar-refractivity contribution in [2.45, 2.75) is 83.6 Å². The van der Waals surface area contributed by atoms with Crippen molar-refractivity contribution in [1.82, 2.24) is 29.7 Å². The normalized spacial score (nSPS) is 22.6. The molecule has 0 bridgehead atoms. The first-order valence-corrected chi connectivity index (χ1v) is 15.8. The molecule has 1 saturated heterocycles. The summed E-state index contributed by atoms with van der Waals surface area (Å²) in [6, 6.07) is -2.15. The molecule has 0 aromatic carbocycles. The van der Waals surface area contributed by atoms with Crippen molar-refractivity contribution in [2.24, 2.45) is 11.8 Å². The Hall–Kier alpha value is -2.46. The van der Waals surface area contributed by atoms with E-state index in [9.17, 15) is 19.3 Å². The number of esters is 2. The van der Waals surface area contributed by atoms with E-state index in [1.165, 1.54) is 25.1 Å². The van der Waals surface area contributed by atoms with Crippen LogP contribution in [0.5, 0.6) is 0 Å². The van der Waals surface area contributed by atoms with E-state index in [-0.39, 0.29) is 53.4 Å². The first kappa shape index (κ1) is 35.0. The third-order valence-electron chi connectivity index (χ3n) is 6.67. The minimum Gasteiger partial charge on any atom is -0.468 e. The highest BCUT2D eigenvalue weighted by molar-refractivity contribution is 7.54. The zero-order chi connectivity index (χ0) is 32.1. The van der Waals surface area contributed by atoms with E-state index in [0.29, 0.717) is 0 Å². The largest absolute Gasteiger partial charge is 0.468 e. The second kappa shape index (κ2) is 15.0. The highest BCUT2D eigenvalue weighted by Crippen LogP contribution is 2.42. The molecule has 2 aromatic heterocycles. The molecule has 242 valence electrons. The number of fused-ring (bicyclic) bond motifs is 1. The van der Waals surface area contributed by atoms with Crippen molar-refractivity contribution in [1.29, 1.82) is 0 Å². The van der Waals surface area contributed by atoms with Gasteiger partial charge in [0.15, 0.2) is 17.7 Å². The summed E-state index contributed by atoms with van der Waals surface area (Å²) >= 11 is 5.94. The summed E-state index contributed by atoms with van der Waals surface area (Å²) in [4.78, 5) is 37.2. The Balaban J connectivity index is 1.90. The number of nitrogen functional groups attached to an aromatic ring is 1. The maximum absolute atomic E-state index is 15.2. The molecule has 3 heterocycles. The SMILES string of the molecule is COC(=O)[C@H](CC(C)C)NP(=O)(N[C@@H](CC(C)C)C(=O)OC)OC[C@H]1O[C@@H](n2cnc3c(N)nc(Cl)nc32)C(F)C[C@H]1O. The minimum absolute atomic E-state index is 0.0129. The van der Waals surface area contributed by atoms with Gasteiger partial charge in [-0.15, -0.1) is 0 Å². The van der Waals surface area contributed by atoms with Gasteiger partial charge in [-0.1, -0.05) is 27.7 Å². The van der Waals surface area contributed by atoms with Gasteiger partial charge >= 0.3 is 19.6 Å². The lowest BCUT2D eigenvalue weighted by Gasteiger charge is -2.37. The number of nitrogens with one attached hydrogen (secondary N) is 2. The molecule has 1 fully saturated rings. The van der Waals surface area contributed by atoms with Crippen LogP contribution in [0.25, 0.3) is 11.2 Å². The van der Waals surface area contributed by atoms with Gasteiger partial charge in [-0.2, -0.15) is 9.97 Å². The van der Waals surface area contributed by atoms with Crippen molar-refractivity contribution in [3.05, 3.63) is 11.6 Å². The number of imidazole rings is 1. The summed E-state index contributed by atoms with van der Waals surface area (Å²) < 4.78 is 52.2. The summed E-state index contributed by atoms with van der Waals surface area (Å²) in [5, 5.41) is 15.9. The van der Waals surface area contributed by atoms with Crippen LogP contribution in [0.4, 0.5) is 10.2 Å². The number of carbonyl (C=O) groups is 2. The molecule has 15 nitrogen and oxygen atoms in total. The van der Waals surface area contributed by atoms with Crippen LogP contribution in [-0.2, 0) is 32.9 Å². The number of nitrogens with zero attached hydrogens (tertiary/aromatic N) is 4. The van der Waals surface area contributed by atoms with Crippen molar-refractivity contribution in [3.63, 3.8) is 0 Å². The van der Waals surface area contributed by atoms with E-state index in [4.69, 9.17) is 36.1 Å². The highest BCUT2D eigenvalue weighted by Gasteiger charge is 2.42. The fourth-order valence-electron chi connectivity index (χ4n) is 4.67. The van der Waals surface area contributed by atoms with Crippen molar-refractivity contribution >= 4 is 48.2 Å². The maximum Gasteiger partial charge on any atom is 0.342 e. The molecular formula is C25H40ClFN7O8P. The third kappa shape index (κ3) is 9.03. The van der Waals surface area contributed by atoms with Crippen LogP contribution in [0.15, 0.2) is 6.33 Å². The summed E-state index contributed by atoms with van der Waals surface area (Å²) in [5.41, 5.74) is 6.15. The van der Waals surface area contributed by atoms with E-state index in [0.717, 1.165) is 0 Å². The predicted molar refractivity (Wildman–Crippen MR) is 155 cm³/mol. The molecule has 0 spiro atoms. The van der Waals surface area contributed by atoms with Crippen LogP contribution in [-0.4, -0.2) is 87.9 Å². The van der Waals surface area contributed by atoms with E-state index in [2.05, 4.69) is 25.1 Å². The molecule has 3 rings (SSSR count). The molecule has 0 radical (unpaired) electrons. The Bertz CT molecular complexity index is 1280. The molecule has 43 heavy (non-hydrogen) atoms. The number of aliphatic hydroxyl groups excluding tert-OH is 1. The first-order valence-electron chi connectivity index (χ1n) is 13.8. The molecule has 0 aliphatic carbocycles. The number of nitrogens with two attached hydrogens (primary N) is 1. The van der Waals surface area contributed by atoms with E-state index in [1.54, 1.807) is 0 Å². The zero-order valence-electron chi connectivity index (χ0n) is 24.9. The number of anilines is 1. The van der Waals surface area contributed by atoms with Gasteiger partial charge in [-0.05, 0) is 36.3 Å². The minimum atomic E-state index is -4.28. The standard InChI is InChI=1S/C25H40ClFN7O8P/c1-12(2)7-15(23(36)39-5)32-43(38,33-16(8-13(3)4)24(37)40-6)41-10-18-17(35)9-14(27)22(42-18)34-11-29-19-20(28)30-25(26)31-21(19)34/h11-18,22,35H,7-10H2,1-6H3,(H2,28,30,31)(H2,32,33,38)/t14?,15-,16-,17+,18+,22+/m0/s1. The highest BCUT2D eigenvalue weighted by atomic mass is 35.5. The fraction of sp³-hybridized carbons (Fsp3) is 0.720. The van der Waals surface area contributed by atoms with Gasteiger partial charge in [-0.25, -0.2) is 19.5 Å². The van der Waals surface area contributed by atoms with Gasteiger partial charge in [0.1, 0.15) is 29.9 Å². The van der Waals surface area contributed by atoms with Crippen LogP contribution in [0, 0.1) is 11.8 Å². The van der Waals surface area contributed by atoms with Gasteiger partial charge in [0, 0.05) is 6.42 Å². The molecular weight excluding hydrogens is 612 g/mol. The number of hydrogen-bond donors (Lipinski definition) is 4. The average Bonchev–Trinajstić information content (AvgIpc) is 3.34. The molecule has 2 aromatic rings. The lowest BCUT2D eigenvalue weighted by Crippen LogP contribution is -2.48. The number of halogens is 2. The molecule has 0 amide bonds. The van der Waals surface area contributed by atoms with E-state index >= 15 is 4.39 Å². The van der Waals surface area contributed by atoms with Gasteiger partial charge < -0.3 is 29.6 Å². The molecule has 0 saturated carbocycles. The van der Waals surface area contributed by atoms with Crippen molar-refractivity contribution < 1.29 is 42.4 Å². The number of carbonyl (C=O) groups excluding carboxylic acids is 2. The smallest absolute Gasteiger partial charge is 0.342 e. The second-order valence-corrected chi connectivity index (χ2v) is 13.3. The number of aliphatic hydroxyl groups is 1. The fourth-order valence-corrected chi connectivity index (χ4v) is 6.67. The van der Waals surface area contributed by atoms with Crippen LogP contribution < -0.4 is 15.9 Å². The first-order chi connectivity index (χ1) is 20.2. The van der Waals surface area contributed by atoms with Crippen molar-refractivity contribution in [2.75, 3.05) is 26.6 Å². The quantitative estimate of drug-likeness (QED) is 0.132. The van der Waals surface area contributed by atoms with Crippen LogP contribution in [0.1, 0.15) is 53.2 Å². The van der Waals surface area contributed by atoms with Gasteiger partial charge in [0.05, 0.1) is 33.3 Å². The van der Waals surface area contributed by atoms with Crippen LogP contribution in [0.2, 0.25) is 5.28 Å². The molecule has 1 unspecified atom stereocenters. The number of methoxy groups -OCH3 is 2. The maximum atomic E-state index is 15.2. The van der Waals surface area contributed by atoms with Crippen molar-refractivity contribution in [3.8, 4) is 0 Å². The second-order valence-electron chi connectivity index (χ2n) is 11.1. The monoisotopic (exact) mass is 651 g/mol. The summed E-state index contributed by atoms with van der Waals surface area (Å²) in [7, 11) is -1.89. The predicted octanol–water partition coefficient (Wildman–Crippen LogP) is 2.53. The topological polar surface area (TPSA) is 202 Å². The molecule has 6 atom stereocenters.